The fourth-order valence-electron chi connectivity index (χ4n) is 2.62. The number of piperazine rings is 1. The van der Waals surface area contributed by atoms with Crippen molar-refractivity contribution in [2.24, 2.45) is 0 Å². The maximum atomic E-state index is 4.00. The highest BCUT2D eigenvalue weighted by molar-refractivity contribution is 5.12. The van der Waals surface area contributed by atoms with Crippen LogP contribution in [0.1, 0.15) is 24.4 Å². The van der Waals surface area contributed by atoms with Gasteiger partial charge in [0, 0.05) is 36.9 Å². The number of nitrogens with one attached hydrogen (secondary N) is 2. The van der Waals surface area contributed by atoms with E-state index in [-0.39, 0.29) is 0 Å². The van der Waals surface area contributed by atoms with Gasteiger partial charge in [0.1, 0.15) is 0 Å². The van der Waals surface area contributed by atoms with Gasteiger partial charge in [-0.25, -0.2) is 0 Å². The van der Waals surface area contributed by atoms with Gasteiger partial charge in [-0.3, -0.25) is 10.00 Å². The molecule has 76 valence electrons. The van der Waals surface area contributed by atoms with E-state index in [9.17, 15) is 0 Å². The van der Waals surface area contributed by atoms with Gasteiger partial charge >= 0.3 is 0 Å². The second kappa shape index (κ2) is 3.37. The molecule has 0 saturated carbocycles. The molecule has 2 aliphatic rings. The van der Waals surface area contributed by atoms with Gasteiger partial charge in [-0.15, -0.1) is 0 Å². The zero-order valence-electron chi connectivity index (χ0n) is 8.24. The summed E-state index contributed by atoms with van der Waals surface area (Å²) in [4.78, 5) is 2.61. The number of nitrogens with zero attached hydrogens (tertiary/aromatic N) is 2. The quantitative estimate of drug-likeness (QED) is 0.681. The number of hydrogen-bond acceptors (Lipinski definition) is 3. The molecule has 14 heavy (non-hydrogen) atoms. The van der Waals surface area contributed by atoms with Crippen LogP contribution in [0.25, 0.3) is 0 Å². The highest BCUT2D eigenvalue weighted by Gasteiger charge is 2.31. The summed E-state index contributed by atoms with van der Waals surface area (Å²) in [6.07, 6.45) is 6.65. The van der Waals surface area contributed by atoms with Crippen LogP contribution in [0.2, 0.25) is 0 Å². The molecule has 2 aliphatic heterocycles. The second-order valence-corrected chi connectivity index (χ2v) is 4.28. The molecule has 2 saturated heterocycles. The number of aromatic nitrogens is 2. The largest absolute Gasteiger partial charge is 0.307 e. The van der Waals surface area contributed by atoms with E-state index in [0.717, 1.165) is 19.1 Å². The molecule has 0 bridgehead atoms. The number of hydrogen-bond donors (Lipinski definition) is 2. The van der Waals surface area contributed by atoms with Crippen molar-refractivity contribution in [2.45, 2.75) is 24.9 Å². The van der Waals surface area contributed by atoms with Gasteiger partial charge in [0.2, 0.25) is 0 Å². The Bertz CT molecular complexity index is 295. The van der Waals surface area contributed by atoms with Crippen molar-refractivity contribution in [2.75, 3.05) is 19.6 Å². The lowest BCUT2D eigenvalue weighted by Gasteiger charge is -2.35. The smallest absolute Gasteiger partial charge is 0.0535 e. The Morgan fingerprint density at radius 3 is 3.36 bits per heavy atom. The average Bonchev–Trinajstić information content (AvgIpc) is 2.88. The first-order valence-electron chi connectivity index (χ1n) is 5.39. The van der Waals surface area contributed by atoms with Crippen molar-refractivity contribution >= 4 is 0 Å². The summed E-state index contributed by atoms with van der Waals surface area (Å²) in [6.45, 7) is 3.56. The lowest BCUT2D eigenvalue weighted by atomic mass is 10.1. The minimum atomic E-state index is 0.475. The van der Waals surface area contributed by atoms with E-state index in [4.69, 9.17) is 0 Å². The van der Waals surface area contributed by atoms with Crippen molar-refractivity contribution in [3.8, 4) is 0 Å². The lowest BCUT2D eigenvalue weighted by molar-refractivity contribution is 0.174. The minimum absolute atomic E-state index is 0.475. The Balaban J connectivity index is 1.73. The number of rotatable bonds is 1. The summed E-state index contributed by atoms with van der Waals surface area (Å²) in [6, 6.07) is 1.27. The zero-order chi connectivity index (χ0) is 9.38. The highest BCUT2D eigenvalue weighted by Crippen LogP contribution is 2.25. The summed E-state index contributed by atoms with van der Waals surface area (Å²) in [7, 11) is 0. The Morgan fingerprint density at radius 1 is 1.50 bits per heavy atom. The van der Waals surface area contributed by atoms with Crippen LogP contribution in [0.4, 0.5) is 0 Å². The van der Waals surface area contributed by atoms with Crippen molar-refractivity contribution in [1.29, 1.82) is 0 Å². The molecule has 2 fully saturated rings. The van der Waals surface area contributed by atoms with E-state index >= 15 is 0 Å². The Morgan fingerprint density at radius 2 is 2.50 bits per heavy atom. The molecule has 3 rings (SSSR count). The van der Waals surface area contributed by atoms with Crippen LogP contribution in [-0.4, -0.2) is 40.8 Å². The predicted octanol–water partition coefficient (Wildman–Crippen LogP) is 0.518. The SMILES string of the molecule is c1n[nH]cc1C1CN2CCCC2CN1. The predicted molar refractivity (Wildman–Crippen MR) is 53.9 cm³/mol. The zero-order valence-corrected chi connectivity index (χ0v) is 8.24. The van der Waals surface area contributed by atoms with Crippen LogP contribution in [0.5, 0.6) is 0 Å². The maximum Gasteiger partial charge on any atom is 0.0535 e. The van der Waals surface area contributed by atoms with Gasteiger partial charge in [-0.05, 0) is 19.4 Å². The molecule has 0 radical (unpaired) electrons. The average molecular weight is 192 g/mol. The van der Waals surface area contributed by atoms with Crippen LogP contribution in [0.15, 0.2) is 12.4 Å². The van der Waals surface area contributed by atoms with Crippen LogP contribution in [0, 0.1) is 0 Å². The second-order valence-electron chi connectivity index (χ2n) is 4.28. The van der Waals surface area contributed by atoms with E-state index < -0.39 is 0 Å². The van der Waals surface area contributed by atoms with Crippen molar-refractivity contribution in [1.82, 2.24) is 20.4 Å². The lowest BCUT2D eigenvalue weighted by Crippen LogP contribution is -2.49. The Labute approximate surface area is 83.7 Å². The first-order chi connectivity index (χ1) is 6.93. The summed E-state index contributed by atoms with van der Waals surface area (Å²) >= 11 is 0. The molecule has 0 spiro atoms. The van der Waals surface area contributed by atoms with E-state index in [0.29, 0.717) is 6.04 Å². The molecule has 1 aromatic heterocycles. The number of fused-ring (bicyclic) bond motifs is 1. The molecular formula is C10H16N4. The van der Waals surface area contributed by atoms with Crippen LogP contribution in [-0.2, 0) is 0 Å². The molecule has 0 amide bonds. The summed E-state index contributed by atoms with van der Waals surface area (Å²) in [5, 5.41) is 10.5. The maximum absolute atomic E-state index is 4.00. The molecule has 1 aromatic rings. The summed E-state index contributed by atoms with van der Waals surface area (Å²) in [5.41, 5.74) is 1.29. The van der Waals surface area contributed by atoms with E-state index in [1.165, 1.54) is 24.9 Å². The van der Waals surface area contributed by atoms with Crippen LogP contribution < -0.4 is 5.32 Å². The monoisotopic (exact) mass is 192 g/mol. The minimum Gasteiger partial charge on any atom is -0.307 e. The van der Waals surface area contributed by atoms with Crippen molar-refractivity contribution in [3.63, 3.8) is 0 Å². The molecule has 3 heterocycles. The third kappa shape index (κ3) is 1.35. The van der Waals surface area contributed by atoms with Gasteiger partial charge < -0.3 is 5.32 Å². The molecule has 0 aliphatic carbocycles. The normalized spacial score (nSPS) is 33.1. The standard InChI is InChI=1S/C10H16N4/c1-2-9-6-11-10(7-14(9)3-1)8-4-12-13-5-8/h4-5,9-11H,1-3,6-7H2,(H,12,13). The van der Waals surface area contributed by atoms with Crippen molar-refractivity contribution < 1.29 is 0 Å². The van der Waals surface area contributed by atoms with Crippen LogP contribution in [0.3, 0.4) is 0 Å². The molecular weight excluding hydrogens is 176 g/mol. The van der Waals surface area contributed by atoms with E-state index in [1.807, 2.05) is 12.4 Å². The number of H-pyrrole nitrogens is 1. The van der Waals surface area contributed by atoms with Gasteiger partial charge in [-0.2, -0.15) is 5.10 Å². The van der Waals surface area contributed by atoms with Crippen LogP contribution >= 0.6 is 0 Å². The molecule has 2 unspecified atom stereocenters. The molecule has 0 aromatic carbocycles. The molecule has 4 nitrogen and oxygen atoms in total. The Hall–Kier alpha value is -0.870. The fraction of sp³-hybridized carbons (Fsp3) is 0.700. The third-order valence-electron chi connectivity index (χ3n) is 3.44. The number of aromatic amines is 1. The van der Waals surface area contributed by atoms with E-state index in [2.05, 4.69) is 20.4 Å². The summed E-state index contributed by atoms with van der Waals surface area (Å²) in [5.74, 6) is 0. The van der Waals surface area contributed by atoms with E-state index in [1.54, 1.807) is 0 Å². The third-order valence-corrected chi connectivity index (χ3v) is 3.44. The fourth-order valence-corrected chi connectivity index (χ4v) is 2.62. The molecule has 2 N–H and O–H groups in total. The Kier molecular flexibility index (Phi) is 2.03. The molecule has 4 heteroatoms. The van der Waals surface area contributed by atoms with Gasteiger partial charge in [-0.1, -0.05) is 0 Å². The van der Waals surface area contributed by atoms with Gasteiger partial charge in [0.25, 0.3) is 0 Å². The first-order valence-corrected chi connectivity index (χ1v) is 5.39. The van der Waals surface area contributed by atoms with Gasteiger partial charge in [0.15, 0.2) is 0 Å². The summed E-state index contributed by atoms with van der Waals surface area (Å²) < 4.78 is 0. The first kappa shape index (κ1) is 8.44. The highest BCUT2D eigenvalue weighted by atomic mass is 15.2. The van der Waals surface area contributed by atoms with Gasteiger partial charge in [0.05, 0.1) is 6.20 Å². The van der Waals surface area contributed by atoms with Crippen molar-refractivity contribution in [3.05, 3.63) is 18.0 Å². The molecule has 2 atom stereocenters. The topological polar surface area (TPSA) is 44.0 Å².